The molecule has 0 aliphatic carbocycles. The van der Waals surface area contributed by atoms with Crippen LogP contribution in [0.5, 0.6) is 0 Å². The lowest BCUT2D eigenvalue weighted by Crippen LogP contribution is -2.50. The molecule has 0 heterocycles. The Morgan fingerprint density at radius 3 is 2.38 bits per heavy atom. The molecule has 13 heavy (non-hydrogen) atoms. The smallest absolute Gasteiger partial charge is 0.305 e. The molecule has 0 aliphatic heterocycles. The SMILES string of the molecule is CCC(CC(=O)O)(NC=O)C(C)C. The van der Waals surface area contributed by atoms with E-state index in [1.165, 1.54) is 0 Å². The highest BCUT2D eigenvalue weighted by Gasteiger charge is 2.33. The van der Waals surface area contributed by atoms with E-state index >= 15 is 0 Å². The van der Waals surface area contributed by atoms with Crippen molar-refractivity contribution in [3.05, 3.63) is 0 Å². The standard InChI is InChI=1S/C9H17NO3/c1-4-9(7(2)3,10-6-11)5-8(12)13/h6-7H,4-5H2,1-3H3,(H,10,11)(H,12,13). The second-order valence-corrected chi connectivity index (χ2v) is 3.50. The van der Waals surface area contributed by atoms with Crippen molar-refractivity contribution in [2.24, 2.45) is 5.92 Å². The first-order valence-electron chi connectivity index (χ1n) is 4.41. The quantitative estimate of drug-likeness (QED) is 0.610. The Kier molecular flexibility index (Phi) is 4.45. The molecule has 0 bridgehead atoms. The highest BCUT2D eigenvalue weighted by atomic mass is 16.4. The summed E-state index contributed by atoms with van der Waals surface area (Å²) in [5.41, 5.74) is -0.604. The van der Waals surface area contributed by atoms with Gasteiger partial charge in [0.25, 0.3) is 0 Å². The van der Waals surface area contributed by atoms with E-state index in [-0.39, 0.29) is 12.3 Å². The molecule has 1 atom stereocenters. The molecule has 0 aliphatic rings. The van der Waals surface area contributed by atoms with Crippen molar-refractivity contribution < 1.29 is 14.7 Å². The number of hydrogen-bond acceptors (Lipinski definition) is 2. The van der Waals surface area contributed by atoms with E-state index in [2.05, 4.69) is 5.32 Å². The van der Waals surface area contributed by atoms with Crippen LogP contribution < -0.4 is 5.32 Å². The summed E-state index contributed by atoms with van der Waals surface area (Å²) in [5, 5.41) is 11.3. The zero-order valence-corrected chi connectivity index (χ0v) is 8.33. The van der Waals surface area contributed by atoms with Crippen LogP contribution in [0.1, 0.15) is 33.6 Å². The number of rotatable bonds is 6. The minimum Gasteiger partial charge on any atom is -0.481 e. The summed E-state index contributed by atoms with van der Waals surface area (Å²) in [5.74, 6) is -0.774. The lowest BCUT2D eigenvalue weighted by molar-refractivity contribution is -0.139. The van der Waals surface area contributed by atoms with Gasteiger partial charge in [0.05, 0.1) is 12.0 Å². The minimum atomic E-state index is -0.884. The fraction of sp³-hybridized carbons (Fsp3) is 0.778. The second-order valence-electron chi connectivity index (χ2n) is 3.50. The van der Waals surface area contributed by atoms with Crippen molar-refractivity contribution in [1.82, 2.24) is 5.32 Å². The molecule has 1 amide bonds. The molecule has 4 nitrogen and oxygen atoms in total. The Balaban J connectivity index is 4.63. The van der Waals surface area contributed by atoms with Gasteiger partial charge in [0.2, 0.25) is 6.41 Å². The van der Waals surface area contributed by atoms with E-state index in [0.717, 1.165) is 0 Å². The number of carbonyl (C=O) groups excluding carboxylic acids is 1. The predicted molar refractivity (Wildman–Crippen MR) is 49.3 cm³/mol. The highest BCUT2D eigenvalue weighted by Crippen LogP contribution is 2.24. The molecule has 0 fully saturated rings. The van der Waals surface area contributed by atoms with Crippen molar-refractivity contribution in [2.45, 2.75) is 39.2 Å². The Morgan fingerprint density at radius 2 is 2.15 bits per heavy atom. The zero-order valence-electron chi connectivity index (χ0n) is 8.33. The lowest BCUT2D eigenvalue weighted by atomic mass is 9.81. The molecule has 0 aromatic carbocycles. The molecule has 0 radical (unpaired) electrons. The molecular weight excluding hydrogens is 170 g/mol. The fourth-order valence-electron chi connectivity index (χ4n) is 1.44. The van der Waals surface area contributed by atoms with Crippen molar-refractivity contribution in [1.29, 1.82) is 0 Å². The number of carboxylic acids is 1. The van der Waals surface area contributed by atoms with Gasteiger partial charge in [-0.25, -0.2) is 0 Å². The van der Waals surface area contributed by atoms with Gasteiger partial charge in [-0.05, 0) is 12.3 Å². The largest absolute Gasteiger partial charge is 0.481 e. The van der Waals surface area contributed by atoms with Gasteiger partial charge >= 0.3 is 5.97 Å². The zero-order chi connectivity index (χ0) is 10.5. The van der Waals surface area contributed by atoms with Crippen LogP contribution >= 0.6 is 0 Å². The fourth-order valence-corrected chi connectivity index (χ4v) is 1.44. The van der Waals surface area contributed by atoms with Gasteiger partial charge in [0.15, 0.2) is 0 Å². The summed E-state index contributed by atoms with van der Waals surface area (Å²) in [6, 6.07) is 0. The van der Waals surface area contributed by atoms with Crippen LogP contribution in [0.4, 0.5) is 0 Å². The van der Waals surface area contributed by atoms with E-state index in [9.17, 15) is 9.59 Å². The van der Waals surface area contributed by atoms with Crippen LogP contribution in [0.25, 0.3) is 0 Å². The molecule has 4 heteroatoms. The van der Waals surface area contributed by atoms with E-state index in [0.29, 0.717) is 12.8 Å². The van der Waals surface area contributed by atoms with Crippen molar-refractivity contribution in [2.75, 3.05) is 0 Å². The van der Waals surface area contributed by atoms with Crippen molar-refractivity contribution in [3.63, 3.8) is 0 Å². The third kappa shape index (κ3) is 3.05. The maximum absolute atomic E-state index is 10.6. The summed E-state index contributed by atoms with van der Waals surface area (Å²) < 4.78 is 0. The summed E-state index contributed by atoms with van der Waals surface area (Å²) in [4.78, 5) is 21.0. The first-order valence-corrected chi connectivity index (χ1v) is 4.41. The third-order valence-electron chi connectivity index (χ3n) is 2.55. The molecule has 0 saturated heterocycles. The van der Waals surface area contributed by atoms with Gasteiger partial charge in [-0.1, -0.05) is 20.8 Å². The average Bonchev–Trinajstić information content (AvgIpc) is 2.02. The van der Waals surface area contributed by atoms with Crippen LogP contribution in [0.3, 0.4) is 0 Å². The maximum atomic E-state index is 10.6. The summed E-state index contributed by atoms with van der Waals surface area (Å²) >= 11 is 0. The highest BCUT2D eigenvalue weighted by molar-refractivity contribution is 5.69. The van der Waals surface area contributed by atoms with Gasteiger partial charge in [0, 0.05) is 0 Å². The molecule has 0 spiro atoms. The summed E-state index contributed by atoms with van der Waals surface area (Å²) in [6.45, 7) is 5.69. The monoisotopic (exact) mass is 187 g/mol. The van der Waals surface area contributed by atoms with Crippen LogP contribution in [-0.2, 0) is 9.59 Å². The van der Waals surface area contributed by atoms with Crippen LogP contribution in [0.2, 0.25) is 0 Å². The molecule has 0 aromatic heterocycles. The van der Waals surface area contributed by atoms with E-state index in [1.807, 2.05) is 20.8 Å². The van der Waals surface area contributed by atoms with Gasteiger partial charge in [-0.3, -0.25) is 9.59 Å². The number of nitrogens with one attached hydrogen (secondary N) is 1. The van der Waals surface area contributed by atoms with Crippen LogP contribution in [0, 0.1) is 5.92 Å². The molecule has 76 valence electrons. The minimum absolute atomic E-state index is 0.0279. The predicted octanol–water partition coefficient (Wildman–Crippen LogP) is 1.01. The maximum Gasteiger partial charge on any atom is 0.305 e. The first kappa shape index (κ1) is 11.9. The van der Waals surface area contributed by atoms with Gasteiger partial charge in [0.1, 0.15) is 0 Å². The van der Waals surface area contributed by atoms with Gasteiger partial charge in [-0.2, -0.15) is 0 Å². The van der Waals surface area contributed by atoms with E-state index < -0.39 is 11.5 Å². The summed E-state index contributed by atoms with van der Waals surface area (Å²) in [6.07, 6.45) is 1.17. The first-order chi connectivity index (χ1) is 5.98. The molecular formula is C9H17NO3. The number of amides is 1. The van der Waals surface area contributed by atoms with Crippen molar-refractivity contribution >= 4 is 12.4 Å². The van der Waals surface area contributed by atoms with Crippen molar-refractivity contribution in [3.8, 4) is 0 Å². The second kappa shape index (κ2) is 4.84. The average molecular weight is 187 g/mol. The lowest BCUT2D eigenvalue weighted by Gasteiger charge is -2.34. The number of hydrogen-bond donors (Lipinski definition) is 2. The normalized spacial score (nSPS) is 15.1. The Morgan fingerprint density at radius 1 is 1.62 bits per heavy atom. The molecule has 0 saturated carbocycles. The molecule has 1 unspecified atom stereocenters. The number of carbonyl (C=O) groups is 2. The van der Waals surface area contributed by atoms with Crippen LogP contribution in [-0.4, -0.2) is 23.0 Å². The Bertz CT molecular complexity index is 191. The van der Waals surface area contributed by atoms with Gasteiger partial charge < -0.3 is 10.4 Å². The Labute approximate surface area is 78.3 Å². The van der Waals surface area contributed by atoms with Crippen LogP contribution in [0.15, 0.2) is 0 Å². The third-order valence-corrected chi connectivity index (χ3v) is 2.55. The molecule has 2 N–H and O–H groups in total. The topological polar surface area (TPSA) is 66.4 Å². The number of carboxylic acid groups (broad SMARTS) is 1. The Hall–Kier alpha value is -1.06. The number of aliphatic carboxylic acids is 1. The van der Waals surface area contributed by atoms with E-state index in [4.69, 9.17) is 5.11 Å². The van der Waals surface area contributed by atoms with Gasteiger partial charge in [-0.15, -0.1) is 0 Å². The molecule has 0 rings (SSSR count). The molecule has 0 aromatic rings. The van der Waals surface area contributed by atoms with E-state index in [1.54, 1.807) is 0 Å². The summed E-state index contributed by atoms with van der Waals surface area (Å²) in [7, 11) is 0.